The van der Waals surface area contributed by atoms with E-state index in [0.717, 1.165) is 12.8 Å². The Labute approximate surface area is 129 Å². The van der Waals surface area contributed by atoms with Crippen molar-refractivity contribution in [3.05, 3.63) is 29.8 Å². The zero-order chi connectivity index (χ0) is 15.9. The minimum absolute atomic E-state index is 0.112. The minimum atomic E-state index is -0.363. The second-order valence-corrected chi connectivity index (χ2v) is 5.16. The molecule has 1 N–H and O–H groups in total. The van der Waals surface area contributed by atoms with Gasteiger partial charge in [-0.1, -0.05) is 0 Å². The third kappa shape index (κ3) is 3.98. The molecule has 0 radical (unpaired) electrons. The van der Waals surface area contributed by atoms with Gasteiger partial charge in [-0.3, -0.25) is 4.79 Å². The van der Waals surface area contributed by atoms with E-state index in [1.807, 2.05) is 6.07 Å². The summed E-state index contributed by atoms with van der Waals surface area (Å²) in [5.74, 6) is -0.354. The molecule has 1 aromatic rings. The van der Waals surface area contributed by atoms with Crippen LogP contribution in [0.2, 0.25) is 0 Å². The average molecular weight is 301 g/mol. The second kappa shape index (κ2) is 7.46. The van der Waals surface area contributed by atoms with Crippen molar-refractivity contribution in [3.8, 4) is 6.07 Å². The highest BCUT2D eigenvalue weighted by atomic mass is 16.6. The predicted octanol–water partition coefficient (Wildman–Crippen LogP) is 2.37. The maximum Gasteiger partial charge on any atom is 0.409 e. The van der Waals surface area contributed by atoms with E-state index >= 15 is 0 Å². The molecule has 0 saturated carbocycles. The van der Waals surface area contributed by atoms with Crippen molar-refractivity contribution in [3.63, 3.8) is 0 Å². The standard InChI is InChI=1S/C16H19N3O3/c1-2-22-16(21)19-9-3-4-13(11-19)15(20)18-14-7-5-12(10-17)6-8-14/h5-8,13H,2-4,9,11H2,1H3,(H,18,20). The summed E-state index contributed by atoms with van der Waals surface area (Å²) in [6.07, 6.45) is 1.17. The molecule has 1 aromatic carbocycles. The zero-order valence-corrected chi connectivity index (χ0v) is 12.5. The van der Waals surface area contributed by atoms with Crippen LogP contribution in [0.3, 0.4) is 0 Å². The van der Waals surface area contributed by atoms with Crippen LogP contribution in [0.25, 0.3) is 0 Å². The lowest BCUT2D eigenvalue weighted by molar-refractivity contribution is -0.121. The average Bonchev–Trinajstić information content (AvgIpc) is 2.56. The van der Waals surface area contributed by atoms with Crippen molar-refractivity contribution in [2.75, 3.05) is 25.0 Å². The Bertz CT molecular complexity index is 577. The van der Waals surface area contributed by atoms with Gasteiger partial charge in [0, 0.05) is 18.8 Å². The molecule has 0 aliphatic carbocycles. The molecule has 1 heterocycles. The molecule has 2 amide bonds. The van der Waals surface area contributed by atoms with Gasteiger partial charge in [-0.15, -0.1) is 0 Å². The summed E-state index contributed by atoms with van der Waals surface area (Å²) < 4.78 is 4.98. The SMILES string of the molecule is CCOC(=O)N1CCCC(C(=O)Nc2ccc(C#N)cc2)C1. The van der Waals surface area contributed by atoms with E-state index in [2.05, 4.69) is 5.32 Å². The third-order valence-electron chi connectivity index (χ3n) is 3.60. The van der Waals surface area contributed by atoms with Crippen LogP contribution in [0, 0.1) is 17.2 Å². The topological polar surface area (TPSA) is 82.4 Å². The van der Waals surface area contributed by atoms with Crippen LogP contribution in [0.15, 0.2) is 24.3 Å². The maximum absolute atomic E-state index is 12.3. The normalized spacial score (nSPS) is 17.5. The lowest BCUT2D eigenvalue weighted by Crippen LogP contribution is -2.44. The van der Waals surface area contributed by atoms with Crippen LogP contribution in [-0.4, -0.2) is 36.6 Å². The quantitative estimate of drug-likeness (QED) is 0.929. The number of rotatable bonds is 3. The number of nitrogens with one attached hydrogen (secondary N) is 1. The Morgan fingerprint density at radius 1 is 1.41 bits per heavy atom. The van der Waals surface area contributed by atoms with Crippen LogP contribution in [0.1, 0.15) is 25.3 Å². The molecule has 0 aromatic heterocycles. The first kappa shape index (κ1) is 15.8. The highest BCUT2D eigenvalue weighted by molar-refractivity contribution is 5.93. The molecule has 1 aliphatic rings. The fraction of sp³-hybridized carbons (Fsp3) is 0.438. The van der Waals surface area contributed by atoms with Gasteiger partial charge in [0.2, 0.25) is 5.91 Å². The van der Waals surface area contributed by atoms with Crippen LogP contribution < -0.4 is 5.32 Å². The molecule has 0 spiro atoms. The number of hydrogen-bond acceptors (Lipinski definition) is 4. The van der Waals surface area contributed by atoms with Gasteiger partial charge in [0.05, 0.1) is 24.2 Å². The Morgan fingerprint density at radius 3 is 2.77 bits per heavy atom. The van der Waals surface area contributed by atoms with Gasteiger partial charge in [-0.25, -0.2) is 4.79 Å². The molecule has 1 aliphatic heterocycles. The fourth-order valence-electron chi connectivity index (χ4n) is 2.44. The van der Waals surface area contributed by atoms with Crippen LogP contribution in [0.4, 0.5) is 10.5 Å². The summed E-state index contributed by atoms with van der Waals surface area (Å²) >= 11 is 0. The lowest BCUT2D eigenvalue weighted by Gasteiger charge is -2.31. The van der Waals surface area contributed by atoms with Gasteiger partial charge < -0.3 is 15.0 Å². The van der Waals surface area contributed by atoms with Crippen LogP contribution in [0.5, 0.6) is 0 Å². The van der Waals surface area contributed by atoms with Gasteiger partial charge >= 0.3 is 6.09 Å². The van der Waals surface area contributed by atoms with Crippen LogP contribution in [-0.2, 0) is 9.53 Å². The van der Waals surface area contributed by atoms with Crippen molar-refractivity contribution >= 4 is 17.7 Å². The van der Waals surface area contributed by atoms with Crippen molar-refractivity contribution in [2.24, 2.45) is 5.92 Å². The monoisotopic (exact) mass is 301 g/mol. The molecule has 2 rings (SSSR count). The smallest absolute Gasteiger partial charge is 0.409 e. The first-order valence-electron chi connectivity index (χ1n) is 7.36. The number of nitrogens with zero attached hydrogens (tertiary/aromatic N) is 2. The van der Waals surface area contributed by atoms with E-state index in [-0.39, 0.29) is 17.9 Å². The Morgan fingerprint density at radius 2 is 2.14 bits per heavy atom. The van der Waals surface area contributed by atoms with Crippen molar-refractivity contribution < 1.29 is 14.3 Å². The molecule has 1 saturated heterocycles. The summed E-state index contributed by atoms with van der Waals surface area (Å²) in [6, 6.07) is 8.73. The van der Waals surface area contributed by atoms with E-state index in [0.29, 0.717) is 30.9 Å². The predicted molar refractivity (Wildman–Crippen MR) is 81.1 cm³/mol. The number of carbonyl (C=O) groups is 2. The first-order chi connectivity index (χ1) is 10.6. The summed E-state index contributed by atoms with van der Waals surface area (Å²) in [4.78, 5) is 25.6. The number of hydrogen-bond donors (Lipinski definition) is 1. The molecule has 1 unspecified atom stereocenters. The highest BCUT2D eigenvalue weighted by Gasteiger charge is 2.29. The minimum Gasteiger partial charge on any atom is -0.450 e. The number of amides is 2. The van der Waals surface area contributed by atoms with E-state index in [9.17, 15) is 9.59 Å². The van der Waals surface area contributed by atoms with Gasteiger partial charge in [0.15, 0.2) is 0 Å². The van der Waals surface area contributed by atoms with Gasteiger partial charge in [-0.2, -0.15) is 5.26 Å². The zero-order valence-electron chi connectivity index (χ0n) is 12.5. The summed E-state index contributed by atoms with van der Waals surface area (Å²) in [6.45, 7) is 3.09. The van der Waals surface area contributed by atoms with Gasteiger partial charge in [0.25, 0.3) is 0 Å². The number of likely N-dealkylation sites (tertiary alicyclic amines) is 1. The van der Waals surface area contributed by atoms with Crippen molar-refractivity contribution in [2.45, 2.75) is 19.8 Å². The van der Waals surface area contributed by atoms with Gasteiger partial charge in [0.1, 0.15) is 0 Å². The molecule has 0 bridgehead atoms. The number of piperidine rings is 1. The largest absolute Gasteiger partial charge is 0.450 e. The van der Waals surface area contributed by atoms with Crippen LogP contribution >= 0.6 is 0 Å². The molecule has 6 heteroatoms. The molecular formula is C16H19N3O3. The summed E-state index contributed by atoms with van der Waals surface area (Å²) in [7, 11) is 0. The summed E-state index contributed by atoms with van der Waals surface area (Å²) in [5, 5.41) is 11.6. The maximum atomic E-state index is 12.3. The van der Waals surface area contributed by atoms with E-state index in [1.54, 1.807) is 36.1 Å². The highest BCUT2D eigenvalue weighted by Crippen LogP contribution is 2.19. The van der Waals surface area contributed by atoms with E-state index < -0.39 is 0 Å². The molecule has 1 fully saturated rings. The Hall–Kier alpha value is -2.55. The molecule has 22 heavy (non-hydrogen) atoms. The fourth-order valence-corrected chi connectivity index (χ4v) is 2.44. The number of carbonyl (C=O) groups excluding carboxylic acids is 2. The number of nitriles is 1. The number of ether oxygens (including phenoxy) is 1. The lowest BCUT2D eigenvalue weighted by atomic mass is 9.97. The Kier molecular flexibility index (Phi) is 5.37. The Balaban J connectivity index is 1.93. The molecule has 116 valence electrons. The van der Waals surface area contributed by atoms with Crippen molar-refractivity contribution in [1.82, 2.24) is 4.90 Å². The number of benzene rings is 1. The second-order valence-electron chi connectivity index (χ2n) is 5.16. The summed E-state index contributed by atoms with van der Waals surface area (Å²) in [5.41, 5.74) is 1.20. The molecular weight excluding hydrogens is 282 g/mol. The first-order valence-corrected chi connectivity index (χ1v) is 7.36. The van der Waals surface area contributed by atoms with E-state index in [4.69, 9.17) is 10.00 Å². The third-order valence-corrected chi connectivity index (χ3v) is 3.60. The van der Waals surface area contributed by atoms with Crippen molar-refractivity contribution in [1.29, 1.82) is 5.26 Å². The number of anilines is 1. The van der Waals surface area contributed by atoms with Gasteiger partial charge in [-0.05, 0) is 44.0 Å². The molecule has 1 atom stereocenters. The molecule has 6 nitrogen and oxygen atoms in total. The van der Waals surface area contributed by atoms with E-state index in [1.165, 1.54) is 0 Å².